The molecule has 1 aromatic carbocycles. The Morgan fingerprint density at radius 2 is 2.06 bits per heavy atom. The van der Waals surface area contributed by atoms with Crippen LogP contribution in [0, 0.1) is 0 Å². The number of hydrogen-bond donors (Lipinski definition) is 2. The van der Waals surface area contributed by atoms with Gasteiger partial charge < -0.3 is 25.1 Å². The van der Waals surface area contributed by atoms with E-state index in [4.69, 9.17) is 20.3 Å². The minimum atomic E-state index is -0.951. The highest BCUT2D eigenvalue weighted by atomic mass is 16.6. The number of hydrogen-bond acceptors (Lipinski definition) is 5. The third-order valence-corrected chi connectivity index (χ3v) is 1.98. The van der Waals surface area contributed by atoms with Gasteiger partial charge in [-0.05, 0) is 12.1 Å². The van der Waals surface area contributed by atoms with Gasteiger partial charge in [-0.25, -0.2) is 4.79 Å². The van der Waals surface area contributed by atoms with E-state index in [9.17, 15) is 4.79 Å². The van der Waals surface area contributed by atoms with Crippen LogP contribution in [-0.4, -0.2) is 37.6 Å². The largest absolute Gasteiger partial charge is 0.493 e. The SMILES string of the molecule is COc1ccccc1OC[C@H](CO)OC(N)=O. The van der Waals surface area contributed by atoms with Crippen molar-refractivity contribution in [1.29, 1.82) is 0 Å². The van der Waals surface area contributed by atoms with Gasteiger partial charge in [0.05, 0.1) is 13.7 Å². The van der Waals surface area contributed by atoms with E-state index in [0.29, 0.717) is 11.5 Å². The molecule has 1 atom stereocenters. The van der Waals surface area contributed by atoms with Crippen LogP contribution in [0.2, 0.25) is 0 Å². The quantitative estimate of drug-likeness (QED) is 0.758. The Hall–Kier alpha value is -1.95. The number of nitrogens with two attached hydrogens (primary N) is 1. The second-order valence-electron chi connectivity index (χ2n) is 3.20. The van der Waals surface area contributed by atoms with Crippen LogP contribution in [0.1, 0.15) is 0 Å². The van der Waals surface area contributed by atoms with E-state index in [0.717, 1.165) is 0 Å². The third kappa shape index (κ3) is 4.20. The number of ether oxygens (including phenoxy) is 3. The average molecular weight is 241 g/mol. The Labute approximate surface area is 98.9 Å². The molecular formula is C11H15NO5. The summed E-state index contributed by atoms with van der Waals surface area (Å²) in [5, 5.41) is 8.94. The van der Waals surface area contributed by atoms with Crippen molar-refractivity contribution in [2.24, 2.45) is 5.73 Å². The van der Waals surface area contributed by atoms with Crippen LogP contribution in [0.15, 0.2) is 24.3 Å². The monoisotopic (exact) mass is 241 g/mol. The smallest absolute Gasteiger partial charge is 0.404 e. The number of aliphatic hydroxyl groups excluding tert-OH is 1. The van der Waals surface area contributed by atoms with Gasteiger partial charge in [0.25, 0.3) is 0 Å². The summed E-state index contributed by atoms with van der Waals surface area (Å²) in [6.07, 6.45) is -1.75. The number of para-hydroxylation sites is 2. The Kier molecular flexibility index (Phi) is 5.09. The standard InChI is InChI=1S/C11H15NO5/c1-15-9-4-2-3-5-10(9)16-7-8(6-13)17-11(12)14/h2-5,8,13H,6-7H2,1H3,(H2,12,14)/t8-/m0/s1. The van der Waals surface area contributed by atoms with Gasteiger partial charge >= 0.3 is 6.09 Å². The van der Waals surface area contributed by atoms with Crippen molar-refractivity contribution in [3.05, 3.63) is 24.3 Å². The molecule has 0 aliphatic rings. The maximum Gasteiger partial charge on any atom is 0.404 e. The molecule has 1 aromatic rings. The van der Waals surface area contributed by atoms with Crippen molar-refractivity contribution in [3.63, 3.8) is 0 Å². The molecule has 0 unspecified atom stereocenters. The van der Waals surface area contributed by atoms with E-state index >= 15 is 0 Å². The zero-order valence-electron chi connectivity index (χ0n) is 9.46. The van der Waals surface area contributed by atoms with Crippen molar-refractivity contribution >= 4 is 6.09 Å². The Morgan fingerprint density at radius 3 is 2.59 bits per heavy atom. The number of aliphatic hydroxyl groups is 1. The molecule has 0 radical (unpaired) electrons. The number of rotatable bonds is 6. The Bertz CT molecular complexity index is 369. The molecule has 3 N–H and O–H groups in total. The lowest BCUT2D eigenvalue weighted by atomic mass is 10.3. The molecule has 0 saturated carbocycles. The first-order valence-corrected chi connectivity index (χ1v) is 5.00. The molecule has 0 fully saturated rings. The van der Waals surface area contributed by atoms with E-state index in [1.165, 1.54) is 7.11 Å². The van der Waals surface area contributed by atoms with Crippen molar-refractivity contribution in [1.82, 2.24) is 0 Å². The summed E-state index contributed by atoms with van der Waals surface area (Å²) in [5.74, 6) is 1.06. The number of methoxy groups -OCH3 is 1. The molecular weight excluding hydrogens is 226 g/mol. The van der Waals surface area contributed by atoms with Gasteiger partial charge in [-0.3, -0.25) is 0 Å². The second-order valence-corrected chi connectivity index (χ2v) is 3.20. The molecule has 6 nitrogen and oxygen atoms in total. The summed E-state index contributed by atoms with van der Waals surface area (Å²) >= 11 is 0. The lowest BCUT2D eigenvalue weighted by Crippen LogP contribution is -2.31. The number of carbonyl (C=O) groups is 1. The first-order chi connectivity index (χ1) is 8.17. The number of amides is 1. The van der Waals surface area contributed by atoms with Crippen LogP contribution >= 0.6 is 0 Å². The van der Waals surface area contributed by atoms with Gasteiger partial charge in [-0.2, -0.15) is 0 Å². The summed E-state index contributed by atoms with van der Waals surface area (Å²) in [6.45, 7) is -0.363. The Balaban J connectivity index is 2.56. The molecule has 0 saturated heterocycles. The van der Waals surface area contributed by atoms with Crippen molar-refractivity contribution in [3.8, 4) is 11.5 Å². The van der Waals surface area contributed by atoms with E-state index < -0.39 is 12.2 Å². The van der Waals surface area contributed by atoms with Gasteiger partial charge in [0, 0.05) is 0 Å². The number of primary amides is 1. The lowest BCUT2D eigenvalue weighted by Gasteiger charge is -2.16. The molecule has 17 heavy (non-hydrogen) atoms. The first kappa shape index (κ1) is 13.1. The molecule has 0 bridgehead atoms. The summed E-state index contributed by atoms with van der Waals surface area (Å²) in [7, 11) is 1.52. The summed E-state index contributed by atoms with van der Waals surface area (Å²) < 4.78 is 15.1. The molecule has 0 heterocycles. The molecule has 0 aromatic heterocycles. The highest BCUT2D eigenvalue weighted by Gasteiger charge is 2.13. The minimum absolute atomic E-state index is 0.000185. The maximum atomic E-state index is 10.5. The first-order valence-electron chi connectivity index (χ1n) is 5.00. The molecule has 0 aliphatic heterocycles. The van der Waals surface area contributed by atoms with Crippen LogP contribution in [0.3, 0.4) is 0 Å². The fraction of sp³-hybridized carbons (Fsp3) is 0.364. The van der Waals surface area contributed by atoms with Crippen molar-refractivity contribution < 1.29 is 24.1 Å². The molecule has 94 valence electrons. The van der Waals surface area contributed by atoms with E-state index in [1.54, 1.807) is 24.3 Å². The van der Waals surface area contributed by atoms with E-state index in [1.807, 2.05) is 0 Å². The molecule has 1 rings (SSSR count). The Morgan fingerprint density at radius 1 is 1.41 bits per heavy atom. The van der Waals surface area contributed by atoms with Gasteiger partial charge in [0.2, 0.25) is 0 Å². The molecule has 0 spiro atoms. The molecule has 1 amide bonds. The molecule has 0 aliphatic carbocycles. The summed E-state index contributed by atoms with van der Waals surface area (Å²) in [4.78, 5) is 10.5. The van der Waals surface area contributed by atoms with Gasteiger partial charge in [-0.1, -0.05) is 12.1 Å². The fourth-order valence-electron chi connectivity index (χ4n) is 1.21. The van der Waals surface area contributed by atoms with Crippen LogP contribution in [-0.2, 0) is 4.74 Å². The highest BCUT2D eigenvalue weighted by Crippen LogP contribution is 2.25. The molecule has 6 heteroatoms. The second kappa shape index (κ2) is 6.59. The topological polar surface area (TPSA) is 91.0 Å². The van der Waals surface area contributed by atoms with E-state index in [-0.39, 0.29) is 13.2 Å². The van der Waals surface area contributed by atoms with Crippen molar-refractivity contribution in [2.45, 2.75) is 6.10 Å². The van der Waals surface area contributed by atoms with Gasteiger partial charge in [-0.15, -0.1) is 0 Å². The average Bonchev–Trinajstić information content (AvgIpc) is 2.34. The summed E-state index contributed by atoms with van der Waals surface area (Å²) in [6, 6.07) is 7.02. The zero-order chi connectivity index (χ0) is 12.7. The number of benzene rings is 1. The van der Waals surface area contributed by atoms with Crippen molar-refractivity contribution in [2.75, 3.05) is 20.3 Å². The summed E-state index contributed by atoms with van der Waals surface area (Å²) in [5.41, 5.74) is 4.84. The zero-order valence-corrected chi connectivity index (χ0v) is 9.46. The normalized spacial score (nSPS) is 11.6. The van der Waals surface area contributed by atoms with Crippen LogP contribution in [0.5, 0.6) is 11.5 Å². The van der Waals surface area contributed by atoms with E-state index in [2.05, 4.69) is 4.74 Å². The minimum Gasteiger partial charge on any atom is -0.493 e. The van der Waals surface area contributed by atoms with Crippen LogP contribution < -0.4 is 15.2 Å². The third-order valence-electron chi connectivity index (χ3n) is 1.98. The van der Waals surface area contributed by atoms with Crippen LogP contribution in [0.25, 0.3) is 0 Å². The highest BCUT2D eigenvalue weighted by molar-refractivity contribution is 5.64. The maximum absolute atomic E-state index is 10.5. The number of carbonyl (C=O) groups excluding carboxylic acids is 1. The van der Waals surface area contributed by atoms with Gasteiger partial charge in [0.1, 0.15) is 6.61 Å². The predicted molar refractivity (Wildman–Crippen MR) is 60.0 cm³/mol. The predicted octanol–water partition coefficient (Wildman–Crippen LogP) is 0.530. The fourth-order valence-corrected chi connectivity index (χ4v) is 1.21. The lowest BCUT2D eigenvalue weighted by molar-refractivity contribution is 0.0329. The van der Waals surface area contributed by atoms with Gasteiger partial charge in [0.15, 0.2) is 17.6 Å². The van der Waals surface area contributed by atoms with Crippen LogP contribution in [0.4, 0.5) is 4.79 Å².